The van der Waals surface area contributed by atoms with E-state index in [0.29, 0.717) is 30.1 Å². The van der Waals surface area contributed by atoms with E-state index in [-0.39, 0.29) is 24.1 Å². The largest absolute Gasteiger partial charge is 0.493 e. The van der Waals surface area contributed by atoms with Gasteiger partial charge < -0.3 is 15.0 Å². The molecule has 1 aromatic rings. The Morgan fingerprint density at radius 1 is 1.15 bits per heavy atom. The Bertz CT molecular complexity index is 845. The van der Waals surface area contributed by atoms with Crippen molar-refractivity contribution in [2.75, 3.05) is 26.2 Å². The van der Waals surface area contributed by atoms with Crippen LogP contribution in [0.1, 0.15) is 62.7 Å². The number of halogens is 4. The summed E-state index contributed by atoms with van der Waals surface area (Å²) in [5.41, 5.74) is -1.64. The summed E-state index contributed by atoms with van der Waals surface area (Å²) in [4.78, 5) is 14.0. The first-order valence-electron chi connectivity index (χ1n) is 12.1. The molecule has 1 amide bonds. The average Bonchev–Trinajstić information content (AvgIpc) is 3.64. The number of rotatable bonds is 9. The molecule has 8 heteroatoms. The van der Waals surface area contributed by atoms with Gasteiger partial charge in [0.15, 0.2) is 0 Å². The maximum Gasteiger partial charge on any atom is 0.395 e. The normalized spacial score (nSPS) is 24.5. The molecule has 0 unspecified atom stereocenters. The van der Waals surface area contributed by atoms with E-state index < -0.39 is 17.4 Å². The highest BCUT2D eigenvalue weighted by atomic mass is 19.4. The van der Waals surface area contributed by atoms with Gasteiger partial charge >= 0.3 is 6.18 Å². The molecule has 0 aromatic heterocycles. The molecule has 0 bridgehead atoms. The van der Waals surface area contributed by atoms with Crippen LogP contribution in [0.4, 0.5) is 17.6 Å². The first-order valence-corrected chi connectivity index (χ1v) is 12.1. The maximum absolute atomic E-state index is 14.3. The zero-order chi connectivity index (χ0) is 23.8. The van der Waals surface area contributed by atoms with Gasteiger partial charge in [0.25, 0.3) is 5.91 Å². The van der Waals surface area contributed by atoms with Crippen molar-refractivity contribution >= 4 is 5.91 Å². The minimum Gasteiger partial charge on any atom is -0.493 e. The lowest BCUT2D eigenvalue weighted by molar-refractivity contribution is -0.217. The Kier molecular flexibility index (Phi) is 6.95. The lowest BCUT2D eigenvalue weighted by atomic mass is 9.87. The monoisotopic (exact) mass is 470 g/mol. The third-order valence-corrected chi connectivity index (χ3v) is 7.46. The maximum atomic E-state index is 14.3. The fraction of sp³-hybridized carbons (Fsp3) is 0.720. The Labute approximate surface area is 193 Å². The minimum absolute atomic E-state index is 0.0430. The number of likely N-dealkylation sites (tertiary alicyclic amines) is 1. The van der Waals surface area contributed by atoms with Gasteiger partial charge in [-0.25, -0.2) is 4.39 Å². The van der Waals surface area contributed by atoms with E-state index in [0.717, 1.165) is 51.6 Å². The smallest absolute Gasteiger partial charge is 0.395 e. The van der Waals surface area contributed by atoms with Crippen LogP contribution in [-0.2, 0) is 0 Å². The lowest BCUT2D eigenvalue weighted by Gasteiger charge is -2.38. The van der Waals surface area contributed by atoms with Crippen molar-refractivity contribution in [3.8, 4) is 5.75 Å². The summed E-state index contributed by atoms with van der Waals surface area (Å²) in [6, 6.07) is 4.55. The van der Waals surface area contributed by atoms with Crippen LogP contribution in [0.15, 0.2) is 18.2 Å². The molecule has 1 saturated heterocycles. The van der Waals surface area contributed by atoms with Gasteiger partial charge in [-0.1, -0.05) is 0 Å². The lowest BCUT2D eigenvalue weighted by Crippen LogP contribution is -2.46. The summed E-state index contributed by atoms with van der Waals surface area (Å²) in [6.45, 7) is 4.56. The Morgan fingerprint density at radius 3 is 2.45 bits per heavy atom. The number of benzene rings is 1. The molecule has 4 rings (SSSR count). The first kappa shape index (κ1) is 24.3. The van der Waals surface area contributed by atoms with Gasteiger partial charge in [-0.2, -0.15) is 13.2 Å². The summed E-state index contributed by atoms with van der Waals surface area (Å²) >= 11 is 0. The van der Waals surface area contributed by atoms with Crippen molar-refractivity contribution in [2.45, 2.75) is 64.6 Å². The molecule has 2 atom stereocenters. The molecule has 33 heavy (non-hydrogen) atoms. The average molecular weight is 471 g/mol. The van der Waals surface area contributed by atoms with Gasteiger partial charge in [0, 0.05) is 18.7 Å². The number of ether oxygens (including phenoxy) is 1. The van der Waals surface area contributed by atoms with Crippen LogP contribution >= 0.6 is 0 Å². The number of hydrogen-bond acceptors (Lipinski definition) is 3. The zero-order valence-electron chi connectivity index (χ0n) is 19.4. The van der Waals surface area contributed by atoms with E-state index in [1.165, 1.54) is 26.0 Å². The second kappa shape index (κ2) is 9.43. The van der Waals surface area contributed by atoms with Crippen molar-refractivity contribution in [1.82, 2.24) is 10.2 Å². The number of amides is 1. The molecule has 3 fully saturated rings. The predicted molar refractivity (Wildman–Crippen MR) is 118 cm³/mol. The van der Waals surface area contributed by atoms with E-state index in [4.69, 9.17) is 4.74 Å². The summed E-state index contributed by atoms with van der Waals surface area (Å²) in [5, 5.41) is 2.78. The first-order chi connectivity index (χ1) is 15.5. The van der Waals surface area contributed by atoms with E-state index in [9.17, 15) is 22.4 Å². The van der Waals surface area contributed by atoms with Crippen LogP contribution in [0.3, 0.4) is 0 Å². The van der Waals surface area contributed by atoms with Gasteiger partial charge in [-0.15, -0.1) is 0 Å². The number of alkyl halides is 3. The molecule has 1 heterocycles. The third-order valence-electron chi connectivity index (χ3n) is 7.46. The molecule has 2 aliphatic carbocycles. The number of nitrogens with one attached hydrogen (secondary N) is 1. The van der Waals surface area contributed by atoms with Crippen LogP contribution in [0, 0.1) is 29.0 Å². The molecule has 0 radical (unpaired) electrons. The van der Waals surface area contributed by atoms with E-state index >= 15 is 0 Å². The third kappa shape index (κ3) is 6.19. The van der Waals surface area contributed by atoms with Crippen molar-refractivity contribution in [1.29, 1.82) is 0 Å². The highest BCUT2D eigenvalue weighted by Crippen LogP contribution is 2.50. The fourth-order valence-electron chi connectivity index (χ4n) is 4.96. The van der Waals surface area contributed by atoms with E-state index in [1.54, 1.807) is 6.07 Å². The van der Waals surface area contributed by atoms with Crippen LogP contribution in [0.5, 0.6) is 5.75 Å². The van der Waals surface area contributed by atoms with Crippen molar-refractivity contribution in [3.63, 3.8) is 0 Å². The summed E-state index contributed by atoms with van der Waals surface area (Å²) < 4.78 is 59.4. The van der Waals surface area contributed by atoms with Gasteiger partial charge in [-0.05, 0) is 95.3 Å². The number of carbonyl (C=O) groups is 1. The minimum atomic E-state index is -4.18. The van der Waals surface area contributed by atoms with Crippen molar-refractivity contribution in [3.05, 3.63) is 29.6 Å². The van der Waals surface area contributed by atoms with Gasteiger partial charge in [0.1, 0.15) is 11.6 Å². The van der Waals surface area contributed by atoms with E-state index in [1.807, 2.05) is 4.90 Å². The summed E-state index contributed by atoms with van der Waals surface area (Å²) in [7, 11) is 0. The Morgan fingerprint density at radius 2 is 1.85 bits per heavy atom. The Balaban J connectivity index is 1.15. The standard InChI is InChI=1S/C25H34F4N2O2/c1-24(2,25(27,28)29)15-31-10-7-16(8-11-31)21-13-17(21)9-12-33-19-5-6-20(22(26)14-19)23(32)30-18-3-4-18/h5-6,14,16-18,21H,3-4,7-13,15H2,1-2H3,(H,30,32)/t17-,21-/m1/s1. The summed E-state index contributed by atoms with van der Waals surface area (Å²) in [6.07, 6.45) is 1.64. The highest BCUT2D eigenvalue weighted by molar-refractivity contribution is 5.95. The molecule has 1 N–H and O–H groups in total. The zero-order valence-corrected chi connectivity index (χ0v) is 19.4. The topological polar surface area (TPSA) is 41.6 Å². The molecule has 2 saturated carbocycles. The van der Waals surface area contributed by atoms with Gasteiger partial charge in [0.05, 0.1) is 17.6 Å². The van der Waals surface area contributed by atoms with Crippen LogP contribution < -0.4 is 10.1 Å². The number of carbonyl (C=O) groups excluding carboxylic acids is 1. The molecule has 184 valence electrons. The molecule has 1 aromatic carbocycles. The second-order valence-corrected chi connectivity index (χ2v) is 10.7. The second-order valence-electron chi connectivity index (χ2n) is 10.7. The van der Waals surface area contributed by atoms with Crippen molar-refractivity contribution in [2.24, 2.45) is 23.2 Å². The SMILES string of the molecule is CC(C)(CN1CCC([C@H]2C[C@H]2CCOc2ccc(C(=O)NC3CC3)c(F)c2)CC1)C(F)(F)F. The molecular weight excluding hydrogens is 436 g/mol. The molecule has 0 spiro atoms. The number of piperidine rings is 1. The Hall–Kier alpha value is -1.83. The van der Waals surface area contributed by atoms with Gasteiger partial charge in [-0.3, -0.25) is 4.79 Å². The predicted octanol–water partition coefficient (Wildman–Crippen LogP) is 5.42. The fourth-order valence-corrected chi connectivity index (χ4v) is 4.96. The number of nitrogens with zero attached hydrogens (tertiary/aromatic N) is 1. The number of hydrogen-bond donors (Lipinski definition) is 1. The summed E-state index contributed by atoms with van der Waals surface area (Å²) in [5.74, 6) is 1.24. The molecular formula is C25H34F4N2O2. The van der Waals surface area contributed by atoms with Crippen LogP contribution in [-0.4, -0.2) is 49.3 Å². The van der Waals surface area contributed by atoms with E-state index in [2.05, 4.69) is 5.32 Å². The van der Waals surface area contributed by atoms with Crippen LogP contribution in [0.25, 0.3) is 0 Å². The highest BCUT2D eigenvalue weighted by Gasteiger charge is 2.49. The molecule has 4 nitrogen and oxygen atoms in total. The van der Waals surface area contributed by atoms with Crippen LogP contribution in [0.2, 0.25) is 0 Å². The van der Waals surface area contributed by atoms with Crippen molar-refractivity contribution < 1.29 is 27.1 Å². The quantitative estimate of drug-likeness (QED) is 0.490. The molecule has 1 aliphatic heterocycles. The van der Waals surface area contributed by atoms with Gasteiger partial charge in [0.2, 0.25) is 0 Å². The molecule has 3 aliphatic rings.